The van der Waals surface area contributed by atoms with Crippen molar-refractivity contribution >= 4 is 0 Å². The molecule has 5 atom stereocenters. The van der Waals surface area contributed by atoms with Crippen molar-refractivity contribution in [1.29, 1.82) is 0 Å². The number of nitrogens with zero attached hydrogens (tertiary/aromatic N) is 4. The average molecular weight is 299 g/mol. The maximum atomic E-state index is 14.4. The molecule has 1 saturated carbocycles. The molecule has 2 fully saturated rings. The first-order valence-corrected chi connectivity index (χ1v) is 5.90. The Labute approximate surface area is 115 Å². The Morgan fingerprint density at radius 1 is 1.62 bits per heavy atom. The van der Waals surface area contributed by atoms with Crippen molar-refractivity contribution < 1.29 is 19.3 Å². The minimum Gasteiger partial charge on any atom is -0.387 e. The second-order valence-corrected chi connectivity index (χ2v) is 5.00. The van der Waals surface area contributed by atoms with Crippen molar-refractivity contribution in [2.45, 2.75) is 36.8 Å². The van der Waals surface area contributed by atoms with Crippen LogP contribution in [0.5, 0.6) is 0 Å². The van der Waals surface area contributed by atoms with Gasteiger partial charge in [-0.3, -0.25) is 14.3 Å². The van der Waals surface area contributed by atoms with Gasteiger partial charge < -0.3 is 14.9 Å². The minimum absolute atomic E-state index is 0.122. The highest BCUT2D eigenvalue weighted by atomic mass is 19.1. The summed E-state index contributed by atoms with van der Waals surface area (Å²) in [6.45, 7) is 1.39. The topological polar surface area (TPSA) is 153 Å². The van der Waals surface area contributed by atoms with E-state index in [9.17, 15) is 24.2 Å². The van der Waals surface area contributed by atoms with E-state index in [-0.39, 0.29) is 5.56 Å². The van der Waals surface area contributed by atoms with Crippen molar-refractivity contribution in [3.8, 4) is 0 Å². The van der Waals surface area contributed by atoms with Gasteiger partial charge in [0.2, 0.25) is 5.72 Å². The zero-order valence-electron chi connectivity index (χ0n) is 10.6. The second kappa shape index (κ2) is 3.92. The quantitative estimate of drug-likeness (QED) is 0.356. The lowest BCUT2D eigenvalue weighted by atomic mass is 10.1. The van der Waals surface area contributed by atoms with Crippen LogP contribution < -0.4 is 11.2 Å². The van der Waals surface area contributed by atoms with Crippen LogP contribution >= 0.6 is 0 Å². The van der Waals surface area contributed by atoms with Crippen LogP contribution in [0.1, 0.15) is 11.8 Å². The van der Waals surface area contributed by atoms with Crippen LogP contribution in [0.3, 0.4) is 0 Å². The maximum Gasteiger partial charge on any atom is 0.330 e. The molecule has 3 rings (SSSR count). The normalized spacial score (nSPS) is 40.5. The summed E-state index contributed by atoms with van der Waals surface area (Å²) in [5, 5.41) is 22.7. The number of fused-ring (bicyclic) bond motifs is 1. The Morgan fingerprint density at radius 3 is 2.90 bits per heavy atom. The summed E-state index contributed by atoms with van der Waals surface area (Å²) in [6.07, 6.45) is -4.53. The molecule has 2 heterocycles. The number of halogens is 1. The van der Waals surface area contributed by atoms with Crippen LogP contribution in [0.25, 0.3) is 10.4 Å². The number of aliphatic hydroxyl groups is 2. The van der Waals surface area contributed by atoms with E-state index in [1.807, 2.05) is 4.98 Å². The molecule has 0 radical (unpaired) electrons. The van der Waals surface area contributed by atoms with Gasteiger partial charge in [-0.05, 0) is 12.5 Å². The Kier molecular flexibility index (Phi) is 2.57. The fourth-order valence-electron chi connectivity index (χ4n) is 2.59. The lowest BCUT2D eigenvalue weighted by molar-refractivity contribution is -0.0913. The van der Waals surface area contributed by atoms with Crippen LogP contribution in [0, 0.1) is 6.92 Å². The third kappa shape index (κ3) is 1.43. The van der Waals surface area contributed by atoms with Crippen LogP contribution in [0.2, 0.25) is 0 Å². The van der Waals surface area contributed by atoms with E-state index in [0.29, 0.717) is 0 Å². The van der Waals surface area contributed by atoms with Gasteiger partial charge in [-0.15, -0.1) is 0 Å². The number of ether oxygens (including phenoxy) is 1. The summed E-state index contributed by atoms with van der Waals surface area (Å²) < 4.78 is 20.2. The van der Waals surface area contributed by atoms with Crippen molar-refractivity contribution in [2.75, 3.05) is 0 Å². The minimum atomic E-state index is -2.42. The highest BCUT2D eigenvalue weighted by Crippen LogP contribution is 2.64. The van der Waals surface area contributed by atoms with Crippen molar-refractivity contribution in [1.82, 2.24) is 9.55 Å². The molecule has 0 spiro atoms. The van der Waals surface area contributed by atoms with Crippen molar-refractivity contribution in [3.05, 3.63) is 43.0 Å². The predicted molar refractivity (Wildman–Crippen MR) is 63.9 cm³/mol. The van der Waals surface area contributed by atoms with Crippen LogP contribution in [-0.2, 0) is 4.74 Å². The molecule has 1 aliphatic carbocycles. The molecule has 0 aromatic carbocycles. The number of alkyl halides is 1. The molecule has 10 nitrogen and oxygen atoms in total. The molecule has 21 heavy (non-hydrogen) atoms. The molecular formula is C10H10FN5O5. The predicted octanol–water partition coefficient (Wildman–Crippen LogP) is -1.18. The molecule has 0 bridgehead atoms. The number of rotatable bonds is 2. The molecule has 1 aliphatic heterocycles. The van der Waals surface area contributed by atoms with Gasteiger partial charge in [0.15, 0.2) is 18.0 Å². The molecule has 2 aliphatic rings. The van der Waals surface area contributed by atoms with Gasteiger partial charge in [0.25, 0.3) is 5.56 Å². The number of hydrogen-bond donors (Lipinski definition) is 3. The number of aliphatic hydroxyl groups excluding tert-OH is 1. The lowest BCUT2D eigenvalue weighted by Gasteiger charge is -2.21. The molecule has 112 valence electrons. The number of aromatic nitrogens is 2. The lowest BCUT2D eigenvalue weighted by Crippen LogP contribution is -2.40. The largest absolute Gasteiger partial charge is 0.387 e. The first-order valence-electron chi connectivity index (χ1n) is 5.90. The fourth-order valence-corrected chi connectivity index (χ4v) is 2.59. The van der Waals surface area contributed by atoms with Crippen LogP contribution in [0.4, 0.5) is 4.39 Å². The summed E-state index contributed by atoms with van der Waals surface area (Å²) in [7, 11) is 0. The molecule has 11 heteroatoms. The first-order chi connectivity index (χ1) is 9.79. The van der Waals surface area contributed by atoms with Gasteiger partial charge in [0, 0.05) is 16.7 Å². The molecular weight excluding hydrogens is 289 g/mol. The van der Waals surface area contributed by atoms with E-state index in [2.05, 4.69) is 10.0 Å². The molecule has 1 saturated heterocycles. The van der Waals surface area contributed by atoms with Gasteiger partial charge in [-0.1, -0.05) is 5.11 Å². The van der Waals surface area contributed by atoms with Crippen molar-refractivity contribution in [2.24, 2.45) is 5.11 Å². The van der Waals surface area contributed by atoms with E-state index in [1.54, 1.807) is 0 Å². The number of azide groups is 1. The summed E-state index contributed by atoms with van der Waals surface area (Å²) in [5.41, 5.74) is 2.38. The van der Waals surface area contributed by atoms with Crippen LogP contribution in [0.15, 0.2) is 20.9 Å². The third-order valence-corrected chi connectivity index (χ3v) is 3.86. The fraction of sp³-hybridized carbons (Fsp3) is 0.600. The molecule has 1 aromatic heterocycles. The van der Waals surface area contributed by atoms with E-state index < -0.39 is 41.1 Å². The molecule has 1 aromatic rings. The molecule has 3 N–H and O–H groups in total. The molecule has 1 unspecified atom stereocenters. The van der Waals surface area contributed by atoms with E-state index >= 15 is 0 Å². The standard InChI is InChI=1S/C10H10FN5O5/c1-3-2-16(8(19)13-5(3)17)6-4(11)9(20)7(18)10(9,21-6)14-15-12/h2,4,6-7,18,20H,1H3,(H,13,17,19)/t4-,6-,7?,9-,10-/m1/s1. The first kappa shape index (κ1) is 13.8. The number of aromatic amines is 1. The van der Waals surface area contributed by atoms with Gasteiger partial charge in [-0.25, -0.2) is 9.18 Å². The summed E-state index contributed by atoms with van der Waals surface area (Å²) in [6, 6.07) is 0. The summed E-state index contributed by atoms with van der Waals surface area (Å²) in [5.74, 6) is 0. The Morgan fingerprint density at radius 2 is 2.29 bits per heavy atom. The van der Waals surface area contributed by atoms with Gasteiger partial charge in [0.1, 0.15) is 6.10 Å². The maximum absolute atomic E-state index is 14.4. The van der Waals surface area contributed by atoms with E-state index in [4.69, 9.17) is 10.3 Å². The summed E-state index contributed by atoms with van der Waals surface area (Å²) >= 11 is 0. The van der Waals surface area contributed by atoms with Gasteiger partial charge in [-0.2, -0.15) is 0 Å². The van der Waals surface area contributed by atoms with Crippen molar-refractivity contribution in [3.63, 3.8) is 0 Å². The smallest absolute Gasteiger partial charge is 0.330 e. The van der Waals surface area contributed by atoms with E-state index in [0.717, 1.165) is 10.8 Å². The zero-order chi connectivity index (χ0) is 15.6. The molecule has 0 amide bonds. The number of nitrogens with one attached hydrogen (secondary N) is 1. The number of H-pyrrole nitrogens is 1. The van der Waals surface area contributed by atoms with Crippen LogP contribution in [-0.4, -0.2) is 43.4 Å². The Hall–Kier alpha value is -2.20. The highest BCUT2D eigenvalue weighted by molar-refractivity contribution is 5.34. The zero-order valence-corrected chi connectivity index (χ0v) is 10.6. The Balaban J connectivity index is 2.08. The van der Waals surface area contributed by atoms with Gasteiger partial charge in [0.05, 0.1) is 0 Å². The van der Waals surface area contributed by atoms with Gasteiger partial charge >= 0.3 is 5.69 Å². The SMILES string of the molecule is Cc1cn([C@@H]2O[C@]3(N=[N+]=[N-])C(O)[C@]3(O)[C@@H]2F)c(=O)[nH]c1=O. The summed E-state index contributed by atoms with van der Waals surface area (Å²) in [4.78, 5) is 27.4. The third-order valence-electron chi connectivity index (χ3n) is 3.86. The highest BCUT2D eigenvalue weighted by Gasteiger charge is 2.88. The Bertz CT molecular complexity index is 785. The number of hydrogen-bond acceptors (Lipinski definition) is 6. The monoisotopic (exact) mass is 299 g/mol. The van der Waals surface area contributed by atoms with E-state index in [1.165, 1.54) is 6.92 Å². The average Bonchev–Trinajstić information content (AvgIpc) is 2.77. The number of aryl methyl sites for hydroxylation is 1. The second-order valence-electron chi connectivity index (χ2n) is 5.00.